The zero-order valence-corrected chi connectivity index (χ0v) is 16.2. The molecule has 0 bridgehead atoms. The Morgan fingerprint density at radius 1 is 0.935 bits per heavy atom. The van der Waals surface area contributed by atoms with E-state index >= 15 is 0 Å². The summed E-state index contributed by atoms with van der Waals surface area (Å²) in [7, 11) is 1.05. The highest BCUT2D eigenvalue weighted by atomic mass is 19.4. The molecule has 1 aromatic carbocycles. The molecule has 0 N–H and O–H groups in total. The van der Waals surface area contributed by atoms with E-state index in [0.29, 0.717) is 18.2 Å². The van der Waals surface area contributed by atoms with Crippen LogP contribution in [0.4, 0.5) is 45.2 Å². The Bertz CT molecular complexity index is 1000. The van der Waals surface area contributed by atoms with Gasteiger partial charge < -0.3 is 4.74 Å². The molecule has 0 saturated heterocycles. The fourth-order valence-corrected chi connectivity index (χ4v) is 2.57. The van der Waals surface area contributed by atoms with Crippen molar-refractivity contribution in [3.63, 3.8) is 0 Å². The SMILES string of the molecule is COc1cc(C(F)(F)F)nc(=Nc2ccc(C(F)(F)F)cc2C(F)(F)F)n1CC(C)C. The van der Waals surface area contributed by atoms with Gasteiger partial charge in [-0.1, -0.05) is 13.8 Å². The van der Waals surface area contributed by atoms with Gasteiger partial charge in [0, 0.05) is 12.6 Å². The second-order valence-corrected chi connectivity index (χ2v) is 6.83. The second kappa shape index (κ2) is 8.42. The number of aromatic nitrogens is 2. The van der Waals surface area contributed by atoms with E-state index in [4.69, 9.17) is 4.74 Å². The lowest BCUT2D eigenvalue weighted by Gasteiger charge is -2.18. The first-order chi connectivity index (χ1) is 14.0. The molecule has 0 atom stereocenters. The molecule has 0 unspecified atom stereocenters. The number of halogens is 9. The van der Waals surface area contributed by atoms with Crippen molar-refractivity contribution >= 4 is 5.69 Å². The van der Waals surface area contributed by atoms with E-state index < -0.39 is 46.7 Å². The van der Waals surface area contributed by atoms with E-state index in [9.17, 15) is 39.5 Å². The van der Waals surface area contributed by atoms with E-state index in [0.717, 1.165) is 11.7 Å². The first kappa shape index (κ1) is 24.5. The quantitative estimate of drug-likeness (QED) is 0.537. The van der Waals surface area contributed by atoms with E-state index in [-0.39, 0.29) is 24.4 Å². The third-order valence-electron chi connectivity index (χ3n) is 3.89. The molecule has 2 rings (SSSR count). The number of alkyl halides is 9. The lowest BCUT2D eigenvalue weighted by Crippen LogP contribution is -2.30. The fraction of sp³-hybridized carbons (Fsp3) is 0.444. The standard InChI is InChI=1S/C18H16F9N3O/c1-9(2)8-30-14(31-3)7-13(18(25,26)27)29-15(30)28-12-5-4-10(16(19,20)21)6-11(12)17(22,23)24/h4-7,9H,8H2,1-3H3. The number of hydrogen-bond donors (Lipinski definition) is 0. The molecule has 0 aliphatic heterocycles. The molecular formula is C18H16F9N3O. The normalized spacial score (nSPS) is 13.8. The van der Waals surface area contributed by atoms with Crippen LogP contribution in [0.1, 0.15) is 30.7 Å². The van der Waals surface area contributed by atoms with Gasteiger partial charge in [0.25, 0.3) is 0 Å². The Balaban J connectivity index is 2.89. The monoisotopic (exact) mass is 461 g/mol. The number of methoxy groups -OCH3 is 1. The summed E-state index contributed by atoms with van der Waals surface area (Å²) in [5.74, 6) is -0.587. The molecule has 2 aromatic rings. The zero-order valence-electron chi connectivity index (χ0n) is 16.2. The Morgan fingerprint density at radius 2 is 1.55 bits per heavy atom. The van der Waals surface area contributed by atoms with Gasteiger partial charge in [0.05, 0.1) is 23.9 Å². The van der Waals surface area contributed by atoms with Crippen molar-refractivity contribution in [3.8, 4) is 5.88 Å². The van der Waals surface area contributed by atoms with Crippen molar-refractivity contribution in [1.82, 2.24) is 9.55 Å². The highest BCUT2D eigenvalue weighted by Gasteiger charge is 2.39. The molecule has 0 radical (unpaired) electrons. The van der Waals surface area contributed by atoms with Crippen LogP contribution in [0.25, 0.3) is 0 Å². The third-order valence-corrected chi connectivity index (χ3v) is 3.89. The van der Waals surface area contributed by atoms with Gasteiger partial charge in [-0.2, -0.15) is 39.5 Å². The molecule has 0 amide bonds. The number of rotatable bonds is 4. The summed E-state index contributed by atoms with van der Waals surface area (Å²) in [6, 6.07) is 1.18. The van der Waals surface area contributed by atoms with Crippen LogP contribution in [-0.4, -0.2) is 16.7 Å². The van der Waals surface area contributed by atoms with Gasteiger partial charge in [-0.05, 0) is 24.1 Å². The van der Waals surface area contributed by atoms with Crippen LogP contribution in [0.3, 0.4) is 0 Å². The van der Waals surface area contributed by atoms with E-state index in [1.54, 1.807) is 13.8 Å². The molecule has 1 aromatic heterocycles. The Hall–Kier alpha value is -2.73. The number of benzene rings is 1. The van der Waals surface area contributed by atoms with Crippen LogP contribution in [0.15, 0.2) is 29.3 Å². The number of ether oxygens (including phenoxy) is 1. The summed E-state index contributed by atoms with van der Waals surface area (Å²) >= 11 is 0. The van der Waals surface area contributed by atoms with Crippen LogP contribution < -0.4 is 10.4 Å². The molecular weight excluding hydrogens is 445 g/mol. The summed E-state index contributed by atoms with van der Waals surface area (Å²) < 4.78 is 124. The Kier molecular flexibility index (Phi) is 6.67. The summed E-state index contributed by atoms with van der Waals surface area (Å²) in [5, 5.41) is 0. The molecule has 0 spiro atoms. The molecule has 0 saturated carbocycles. The van der Waals surface area contributed by atoms with Crippen molar-refractivity contribution in [2.24, 2.45) is 10.9 Å². The largest absolute Gasteiger partial charge is 0.482 e. The van der Waals surface area contributed by atoms with Gasteiger partial charge in [-0.3, -0.25) is 4.57 Å². The minimum atomic E-state index is -5.26. The minimum Gasteiger partial charge on any atom is -0.482 e. The summed E-state index contributed by atoms with van der Waals surface area (Å²) in [4.78, 5) is 6.85. The van der Waals surface area contributed by atoms with Crippen LogP contribution in [0.5, 0.6) is 5.88 Å². The smallest absolute Gasteiger partial charge is 0.433 e. The summed E-state index contributed by atoms with van der Waals surface area (Å²) in [6.45, 7) is 3.31. The topological polar surface area (TPSA) is 39.4 Å². The lowest BCUT2D eigenvalue weighted by atomic mass is 10.1. The highest BCUT2D eigenvalue weighted by molar-refractivity contribution is 5.50. The first-order valence-electron chi connectivity index (χ1n) is 8.60. The van der Waals surface area contributed by atoms with Gasteiger partial charge in [-0.25, -0.2) is 9.98 Å². The van der Waals surface area contributed by atoms with Crippen LogP contribution >= 0.6 is 0 Å². The molecule has 31 heavy (non-hydrogen) atoms. The molecule has 4 nitrogen and oxygen atoms in total. The maximum absolute atomic E-state index is 13.4. The molecule has 13 heteroatoms. The third kappa shape index (κ3) is 5.91. The lowest BCUT2D eigenvalue weighted by molar-refractivity contribution is -0.143. The zero-order chi connectivity index (χ0) is 23.8. The van der Waals surface area contributed by atoms with Gasteiger partial charge in [0.2, 0.25) is 5.62 Å². The van der Waals surface area contributed by atoms with E-state index in [1.807, 2.05) is 0 Å². The van der Waals surface area contributed by atoms with Crippen molar-refractivity contribution in [2.75, 3.05) is 7.11 Å². The van der Waals surface area contributed by atoms with Crippen molar-refractivity contribution in [1.29, 1.82) is 0 Å². The maximum Gasteiger partial charge on any atom is 0.433 e. The van der Waals surface area contributed by atoms with Crippen molar-refractivity contribution < 1.29 is 44.3 Å². The molecule has 1 heterocycles. The molecule has 0 fully saturated rings. The van der Waals surface area contributed by atoms with E-state index in [1.165, 1.54) is 0 Å². The van der Waals surface area contributed by atoms with Crippen LogP contribution in [0.2, 0.25) is 0 Å². The van der Waals surface area contributed by atoms with Crippen molar-refractivity contribution in [2.45, 2.75) is 38.9 Å². The predicted octanol–water partition coefficient (Wildman–Crippen LogP) is 5.84. The van der Waals surface area contributed by atoms with Gasteiger partial charge >= 0.3 is 18.5 Å². The highest BCUT2D eigenvalue weighted by Crippen LogP contribution is 2.40. The first-order valence-corrected chi connectivity index (χ1v) is 8.60. The second-order valence-electron chi connectivity index (χ2n) is 6.83. The predicted molar refractivity (Wildman–Crippen MR) is 90.3 cm³/mol. The molecule has 172 valence electrons. The van der Waals surface area contributed by atoms with Gasteiger partial charge in [-0.15, -0.1) is 0 Å². The Morgan fingerprint density at radius 3 is 2.00 bits per heavy atom. The van der Waals surface area contributed by atoms with Gasteiger partial charge in [0.15, 0.2) is 11.6 Å². The number of nitrogens with zero attached hydrogens (tertiary/aromatic N) is 3. The number of hydrogen-bond acceptors (Lipinski definition) is 3. The van der Waals surface area contributed by atoms with Crippen molar-refractivity contribution in [3.05, 3.63) is 46.7 Å². The maximum atomic E-state index is 13.4. The Labute approximate surface area is 170 Å². The minimum absolute atomic E-state index is 0.0326. The van der Waals surface area contributed by atoms with Gasteiger partial charge in [0.1, 0.15) is 0 Å². The molecule has 0 aliphatic carbocycles. The van der Waals surface area contributed by atoms with Crippen LogP contribution in [-0.2, 0) is 25.1 Å². The van der Waals surface area contributed by atoms with Crippen LogP contribution in [0, 0.1) is 5.92 Å². The van der Waals surface area contributed by atoms with E-state index in [2.05, 4.69) is 9.98 Å². The average Bonchev–Trinajstić information content (AvgIpc) is 2.60. The fourth-order valence-electron chi connectivity index (χ4n) is 2.57. The average molecular weight is 461 g/mol. The summed E-state index contributed by atoms with van der Waals surface area (Å²) in [6.07, 6.45) is -15.3. The summed E-state index contributed by atoms with van der Waals surface area (Å²) in [5.41, 5.74) is -6.65. The molecule has 0 aliphatic rings.